The summed E-state index contributed by atoms with van der Waals surface area (Å²) in [5.41, 5.74) is 1.54. The molecule has 1 amide bonds. The molecule has 3 rings (SSSR count). The van der Waals surface area contributed by atoms with Gasteiger partial charge in [-0.2, -0.15) is 0 Å². The van der Waals surface area contributed by atoms with Crippen LogP contribution in [0.25, 0.3) is 0 Å². The molecule has 2 unspecified atom stereocenters. The van der Waals surface area contributed by atoms with E-state index in [2.05, 4.69) is 10.3 Å². The Labute approximate surface area is 107 Å². The van der Waals surface area contributed by atoms with E-state index < -0.39 is 0 Å². The van der Waals surface area contributed by atoms with Gasteiger partial charge in [-0.15, -0.1) is 0 Å². The molecule has 1 aliphatic carbocycles. The molecule has 1 aromatic rings. The van der Waals surface area contributed by atoms with Crippen molar-refractivity contribution in [2.45, 2.75) is 32.2 Å². The number of hydrogen-bond acceptors (Lipinski definition) is 3. The van der Waals surface area contributed by atoms with E-state index in [9.17, 15) is 4.79 Å². The first-order valence-corrected chi connectivity index (χ1v) is 6.79. The number of rotatable bonds is 3. The predicted octanol–water partition coefficient (Wildman–Crippen LogP) is 2.14. The molecular formula is C14H19N3O. The van der Waals surface area contributed by atoms with Crippen LogP contribution in [-0.2, 0) is 0 Å². The summed E-state index contributed by atoms with van der Waals surface area (Å²) in [6.07, 6.45) is 5.40. The zero-order valence-electron chi connectivity index (χ0n) is 10.7. The summed E-state index contributed by atoms with van der Waals surface area (Å²) < 4.78 is 0. The first-order valence-electron chi connectivity index (χ1n) is 6.79. The smallest absolute Gasteiger partial charge is 0.272 e. The molecule has 1 saturated heterocycles. The van der Waals surface area contributed by atoms with Gasteiger partial charge in [0, 0.05) is 19.1 Å². The Hall–Kier alpha value is -1.58. The van der Waals surface area contributed by atoms with Crippen molar-refractivity contribution in [2.24, 2.45) is 5.92 Å². The Morgan fingerprint density at radius 3 is 2.94 bits per heavy atom. The van der Waals surface area contributed by atoms with E-state index in [-0.39, 0.29) is 5.91 Å². The average molecular weight is 245 g/mol. The molecule has 2 bridgehead atoms. The number of hydrogen-bond donors (Lipinski definition) is 1. The van der Waals surface area contributed by atoms with Crippen LogP contribution in [0.3, 0.4) is 0 Å². The van der Waals surface area contributed by atoms with Gasteiger partial charge in [0.25, 0.3) is 5.91 Å². The van der Waals surface area contributed by atoms with E-state index in [0.717, 1.165) is 24.7 Å². The Bertz CT molecular complexity index is 443. The molecule has 2 atom stereocenters. The van der Waals surface area contributed by atoms with Gasteiger partial charge in [-0.05, 0) is 44.2 Å². The van der Waals surface area contributed by atoms with Crippen LogP contribution >= 0.6 is 0 Å². The van der Waals surface area contributed by atoms with Gasteiger partial charge in [0.15, 0.2) is 0 Å². The summed E-state index contributed by atoms with van der Waals surface area (Å²) in [5.74, 6) is 0.838. The first-order chi connectivity index (χ1) is 8.78. The standard InChI is InChI=1S/C14H19N3O/c1-2-15-11-4-6-13(16-8-11)14(18)17-9-10-3-5-12(17)7-10/h4,6,8,10,12,15H,2-3,5,7,9H2,1H3. The van der Waals surface area contributed by atoms with Crippen LogP contribution in [-0.4, -0.2) is 34.9 Å². The molecule has 0 aromatic carbocycles. The van der Waals surface area contributed by atoms with Crippen molar-refractivity contribution in [3.8, 4) is 0 Å². The van der Waals surface area contributed by atoms with Crippen LogP contribution in [0.15, 0.2) is 18.3 Å². The van der Waals surface area contributed by atoms with Gasteiger partial charge in [-0.25, -0.2) is 4.98 Å². The minimum Gasteiger partial charge on any atom is -0.384 e. The second-order valence-corrected chi connectivity index (χ2v) is 5.25. The molecule has 2 aliphatic rings. The highest BCUT2D eigenvalue weighted by atomic mass is 16.2. The minimum absolute atomic E-state index is 0.102. The molecule has 4 heteroatoms. The highest BCUT2D eigenvalue weighted by molar-refractivity contribution is 5.93. The van der Waals surface area contributed by atoms with E-state index in [1.54, 1.807) is 6.20 Å². The number of fused-ring (bicyclic) bond motifs is 2. The summed E-state index contributed by atoms with van der Waals surface area (Å²) in [6.45, 7) is 3.84. The molecule has 1 N–H and O–H groups in total. The second-order valence-electron chi connectivity index (χ2n) is 5.25. The van der Waals surface area contributed by atoms with Gasteiger partial charge in [-0.3, -0.25) is 4.79 Å². The molecular weight excluding hydrogens is 226 g/mol. The van der Waals surface area contributed by atoms with E-state index in [1.807, 2.05) is 24.0 Å². The zero-order valence-corrected chi connectivity index (χ0v) is 10.7. The SMILES string of the molecule is CCNc1ccc(C(=O)N2CC3CCC2C3)nc1. The molecule has 1 aliphatic heterocycles. The maximum atomic E-state index is 12.3. The Balaban J connectivity index is 1.72. The van der Waals surface area contributed by atoms with Crippen molar-refractivity contribution in [3.63, 3.8) is 0 Å². The number of pyridine rings is 1. The lowest BCUT2D eigenvalue weighted by molar-refractivity contribution is 0.0697. The van der Waals surface area contributed by atoms with E-state index >= 15 is 0 Å². The molecule has 0 spiro atoms. The van der Waals surface area contributed by atoms with Crippen LogP contribution in [0.1, 0.15) is 36.7 Å². The third-order valence-corrected chi connectivity index (χ3v) is 4.03. The van der Waals surface area contributed by atoms with Gasteiger partial charge in [0.05, 0.1) is 11.9 Å². The lowest BCUT2D eigenvalue weighted by atomic mass is 10.1. The highest BCUT2D eigenvalue weighted by Crippen LogP contribution is 2.37. The topological polar surface area (TPSA) is 45.2 Å². The fourth-order valence-corrected chi connectivity index (χ4v) is 3.15. The lowest BCUT2D eigenvalue weighted by Crippen LogP contribution is -2.38. The van der Waals surface area contributed by atoms with Gasteiger partial charge in [-0.1, -0.05) is 0 Å². The lowest BCUT2D eigenvalue weighted by Gasteiger charge is -2.26. The summed E-state index contributed by atoms with van der Waals surface area (Å²) in [4.78, 5) is 18.6. The van der Waals surface area contributed by atoms with Gasteiger partial charge in [0.2, 0.25) is 0 Å². The number of anilines is 1. The van der Waals surface area contributed by atoms with Crippen LogP contribution in [0.2, 0.25) is 0 Å². The minimum atomic E-state index is 0.102. The molecule has 2 heterocycles. The quantitative estimate of drug-likeness (QED) is 0.887. The maximum Gasteiger partial charge on any atom is 0.272 e. The fraction of sp³-hybridized carbons (Fsp3) is 0.571. The van der Waals surface area contributed by atoms with Crippen LogP contribution in [0, 0.1) is 5.92 Å². The second kappa shape index (κ2) is 4.59. The maximum absolute atomic E-state index is 12.3. The third-order valence-electron chi connectivity index (χ3n) is 4.03. The van der Waals surface area contributed by atoms with Gasteiger partial charge < -0.3 is 10.2 Å². The zero-order chi connectivity index (χ0) is 12.5. The third kappa shape index (κ3) is 1.96. The molecule has 1 aromatic heterocycles. The number of piperidine rings is 1. The van der Waals surface area contributed by atoms with Crippen LogP contribution in [0.5, 0.6) is 0 Å². The predicted molar refractivity (Wildman–Crippen MR) is 70.6 cm³/mol. The molecule has 0 radical (unpaired) electrons. The van der Waals surface area contributed by atoms with E-state index in [0.29, 0.717) is 11.7 Å². The molecule has 4 nitrogen and oxygen atoms in total. The van der Waals surface area contributed by atoms with Crippen molar-refractivity contribution in [1.82, 2.24) is 9.88 Å². The Morgan fingerprint density at radius 2 is 2.39 bits per heavy atom. The monoisotopic (exact) mass is 245 g/mol. The van der Waals surface area contributed by atoms with Crippen molar-refractivity contribution in [1.29, 1.82) is 0 Å². The number of nitrogens with zero attached hydrogens (tertiary/aromatic N) is 2. The van der Waals surface area contributed by atoms with Crippen molar-refractivity contribution in [3.05, 3.63) is 24.0 Å². The number of carbonyl (C=O) groups is 1. The van der Waals surface area contributed by atoms with Crippen molar-refractivity contribution in [2.75, 3.05) is 18.4 Å². The summed E-state index contributed by atoms with van der Waals surface area (Å²) >= 11 is 0. The number of carbonyl (C=O) groups excluding carboxylic acids is 1. The van der Waals surface area contributed by atoms with Gasteiger partial charge in [0.1, 0.15) is 5.69 Å². The van der Waals surface area contributed by atoms with Gasteiger partial charge >= 0.3 is 0 Å². The first kappa shape index (κ1) is 11.5. The van der Waals surface area contributed by atoms with Crippen LogP contribution < -0.4 is 5.32 Å². The number of likely N-dealkylation sites (tertiary alicyclic amines) is 1. The molecule has 18 heavy (non-hydrogen) atoms. The largest absolute Gasteiger partial charge is 0.384 e. The van der Waals surface area contributed by atoms with E-state index in [4.69, 9.17) is 0 Å². The summed E-state index contributed by atoms with van der Waals surface area (Å²) in [5, 5.41) is 3.18. The summed E-state index contributed by atoms with van der Waals surface area (Å²) in [6, 6.07) is 4.22. The summed E-state index contributed by atoms with van der Waals surface area (Å²) in [7, 11) is 0. The van der Waals surface area contributed by atoms with Crippen LogP contribution in [0.4, 0.5) is 5.69 Å². The normalized spacial score (nSPS) is 25.5. The molecule has 1 saturated carbocycles. The molecule has 2 fully saturated rings. The van der Waals surface area contributed by atoms with E-state index in [1.165, 1.54) is 19.3 Å². The highest BCUT2D eigenvalue weighted by Gasteiger charge is 2.40. The fourth-order valence-electron chi connectivity index (χ4n) is 3.15. The van der Waals surface area contributed by atoms with Crippen molar-refractivity contribution < 1.29 is 4.79 Å². The average Bonchev–Trinajstić information content (AvgIpc) is 3.01. The Kier molecular flexibility index (Phi) is 2.94. The number of amides is 1. The number of nitrogens with one attached hydrogen (secondary N) is 1. The molecule has 96 valence electrons. The van der Waals surface area contributed by atoms with Crippen molar-refractivity contribution >= 4 is 11.6 Å². The number of aromatic nitrogens is 1. The Morgan fingerprint density at radius 1 is 1.50 bits per heavy atom.